The standard InChI is InChI=1S/C17H33N3/c18-11-14-2-4-15(5-3-14)12-19-8-1-9-20-13-16-6-7-17(20)10-16/h14-17,19H,1-13,18H2/t14-,15-,16?,17?. The maximum atomic E-state index is 5.75. The molecule has 2 bridgehead atoms. The summed E-state index contributed by atoms with van der Waals surface area (Å²) in [4.78, 5) is 2.75. The topological polar surface area (TPSA) is 41.3 Å². The van der Waals surface area contributed by atoms with Gasteiger partial charge in [-0.3, -0.25) is 0 Å². The first kappa shape index (κ1) is 14.8. The summed E-state index contributed by atoms with van der Waals surface area (Å²) in [6.45, 7) is 6.08. The summed E-state index contributed by atoms with van der Waals surface area (Å²) < 4.78 is 0. The molecule has 3 nitrogen and oxygen atoms in total. The van der Waals surface area contributed by atoms with Crippen LogP contribution < -0.4 is 11.1 Å². The van der Waals surface area contributed by atoms with Crippen LogP contribution in [0.2, 0.25) is 0 Å². The van der Waals surface area contributed by atoms with Gasteiger partial charge in [0, 0.05) is 12.6 Å². The number of fused-ring (bicyclic) bond motifs is 2. The Hall–Kier alpha value is -0.120. The van der Waals surface area contributed by atoms with Crippen LogP contribution >= 0.6 is 0 Å². The van der Waals surface area contributed by atoms with Crippen LogP contribution in [0.15, 0.2) is 0 Å². The molecule has 116 valence electrons. The predicted octanol–water partition coefficient (Wildman–Crippen LogP) is 2.22. The van der Waals surface area contributed by atoms with Gasteiger partial charge in [-0.25, -0.2) is 0 Å². The minimum atomic E-state index is 0.817. The summed E-state index contributed by atoms with van der Waals surface area (Å²) in [7, 11) is 0. The zero-order valence-corrected chi connectivity index (χ0v) is 13.0. The average molecular weight is 279 g/mol. The summed E-state index contributed by atoms with van der Waals surface area (Å²) in [6.07, 6.45) is 11.3. The van der Waals surface area contributed by atoms with E-state index in [9.17, 15) is 0 Å². The van der Waals surface area contributed by atoms with Crippen molar-refractivity contribution in [3.05, 3.63) is 0 Å². The quantitative estimate of drug-likeness (QED) is 0.702. The summed E-state index contributed by atoms with van der Waals surface area (Å²) in [5, 5.41) is 3.70. The first-order chi connectivity index (χ1) is 9.85. The summed E-state index contributed by atoms with van der Waals surface area (Å²) in [5.74, 6) is 2.78. The number of rotatable bonds is 7. The minimum Gasteiger partial charge on any atom is -0.330 e. The SMILES string of the molecule is NC[C@H]1CC[C@H](CNCCCN2CC3CCC2C3)CC1. The molecular weight excluding hydrogens is 246 g/mol. The monoisotopic (exact) mass is 279 g/mol. The summed E-state index contributed by atoms with van der Waals surface area (Å²) >= 11 is 0. The van der Waals surface area contributed by atoms with Crippen LogP contribution in [0.5, 0.6) is 0 Å². The normalized spacial score (nSPS) is 37.6. The highest BCUT2D eigenvalue weighted by Crippen LogP contribution is 2.37. The highest BCUT2D eigenvalue weighted by molar-refractivity contribution is 4.91. The van der Waals surface area contributed by atoms with E-state index in [4.69, 9.17) is 5.73 Å². The van der Waals surface area contributed by atoms with E-state index in [2.05, 4.69) is 10.2 Å². The molecule has 3 aliphatic rings. The van der Waals surface area contributed by atoms with Gasteiger partial charge in [0.25, 0.3) is 0 Å². The number of hydrogen-bond donors (Lipinski definition) is 2. The van der Waals surface area contributed by atoms with Crippen molar-refractivity contribution in [2.45, 2.75) is 57.4 Å². The zero-order chi connectivity index (χ0) is 13.8. The van der Waals surface area contributed by atoms with Gasteiger partial charge >= 0.3 is 0 Å². The fraction of sp³-hybridized carbons (Fsp3) is 1.00. The highest BCUT2D eigenvalue weighted by Gasteiger charge is 2.36. The van der Waals surface area contributed by atoms with Crippen molar-refractivity contribution in [1.29, 1.82) is 0 Å². The summed E-state index contributed by atoms with van der Waals surface area (Å²) in [5.41, 5.74) is 5.75. The first-order valence-corrected chi connectivity index (χ1v) is 9.00. The second-order valence-corrected chi connectivity index (χ2v) is 7.51. The lowest BCUT2D eigenvalue weighted by atomic mass is 9.82. The van der Waals surface area contributed by atoms with Crippen LogP contribution in [0.3, 0.4) is 0 Å². The van der Waals surface area contributed by atoms with E-state index in [1.165, 1.54) is 77.5 Å². The van der Waals surface area contributed by atoms with Crippen molar-refractivity contribution >= 4 is 0 Å². The van der Waals surface area contributed by atoms with Crippen LogP contribution in [-0.2, 0) is 0 Å². The molecule has 0 aromatic rings. The van der Waals surface area contributed by atoms with E-state index in [1.54, 1.807) is 0 Å². The summed E-state index contributed by atoms with van der Waals surface area (Å²) in [6, 6.07) is 0.951. The molecule has 1 aliphatic heterocycles. The van der Waals surface area contributed by atoms with E-state index in [1.807, 2.05) is 0 Å². The second kappa shape index (κ2) is 7.24. The molecular formula is C17H33N3. The molecule has 2 atom stereocenters. The Morgan fingerprint density at radius 3 is 2.45 bits per heavy atom. The van der Waals surface area contributed by atoms with Crippen LogP contribution in [0.1, 0.15) is 51.4 Å². The fourth-order valence-electron chi connectivity index (χ4n) is 4.69. The van der Waals surface area contributed by atoms with Crippen LogP contribution in [-0.4, -0.2) is 43.7 Å². The Morgan fingerprint density at radius 1 is 1.00 bits per heavy atom. The maximum Gasteiger partial charge on any atom is 0.00986 e. The van der Waals surface area contributed by atoms with Crippen LogP contribution in [0.4, 0.5) is 0 Å². The molecule has 0 amide bonds. The Bertz CT molecular complexity index is 286. The number of hydrogen-bond acceptors (Lipinski definition) is 3. The molecule has 0 aromatic heterocycles. The van der Waals surface area contributed by atoms with E-state index < -0.39 is 0 Å². The fourth-order valence-corrected chi connectivity index (χ4v) is 4.69. The molecule has 2 unspecified atom stereocenters. The molecule has 20 heavy (non-hydrogen) atoms. The minimum absolute atomic E-state index is 0.817. The predicted molar refractivity (Wildman–Crippen MR) is 84.7 cm³/mol. The van der Waals surface area contributed by atoms with Gasteiger partial charge in [0.1, 0.15) is 0 Å². The van der Waals surface area contributed by atoms with Crippen LogP contribution in [0, 0.1) is 17.8 Å². The molecule has 1 saturated heterocycles. The van der Waals surface area contributed by atoms with Gasteiger partial charge in [-0.1, -0.05) is 0 Å². The van der Waals surface area contributed by atoms with Gasteiger partial charge in [0.05, 0.1) is 0 Å². The van der Waals surface area contributed by atoms with Crippen molar-refractivity contribution in [3.63, 3.8) is 0 Å². The Morgan fingerprint density at radius 2 is 1.80 bits per heavy atom. The molecule has 0 aromatic carbocycles. The molecule has 3 N–H and O–H groups in total. The third kappa shape index (κ3) is 3.75. The molecule has 3 heteroatoms. The van der Waals surface area contributed by atoms with Crippen molar-refractivity contribution < 1.29 is 0 Å². The lowest BCUT2D eigenvalue weighted by Gasteiger charge is -2.28. The lowest BCUT2D eigenvalue weighted by Crippen LogP contribution is -2.35. The first-order valence-electron chi connectivity index (χ1n) is 9.00. The largest absolute Gasteiger partial charge is 0.330 e. The zero-order valence-electron chi connectivity index (χ0n) is 13.0. The Kier molecular flexibility index (Phi) is 5.36. The number of piperidine rings is 1. The Balaban J connectivity index is 1.21. The average Bonchev–Trinajstić information content (AvgIpc) is 3.10. The van der Waals surface area contributed by atoms with Gasteiger partial charge in [0.2, 0.25) is 0 Å². The molecule has 0 radical (unpaired) electrons. The van der Waals surface area contributed by atoms with Gasteiger partial charge in [-0.2, -0.15) is 0 Å². The van der Waals surface area contributed by atoms with Gasteiger partial charge < -0.3 is 16.0 Å². The number of likely N-dealkylation sites (tertiary alicyclic amines) is 1. The number of nitrogens with one attached hydrogen (secondary N) is 1. The van der Waals surface area contributed by atoms with Gasteiger partial charge in [-0.05, 0) is 95.3 Å². The van der Waals surface area contributed by atoms with Crippen molar-refractivity contribution in [2.75, 3.05) is 32.7 Å². The van der Waals surface area contributed by atoms with Gasteiger partial charge in [0.15, 0.2) is 0 Å². The van der Waals surface area contributed by atoms with E-state index in [0.29, 0.717) is 0 Å². The molecule has 0 spiro atoms. The third-order valence-electron chi connectivity index (χ3n) is 6.05. The number of nitrogens with two attached hydrogens (primary N) is 1. The Labute approximate surface area is 124 Å². The molecule has 2 saturated carbocycles. The highest BCUT2D eigenvalue weighted by atomic mass is 15.2. The second-order valence-electron chi connectivity index (χ2n) is 7.51. The van der Waals surface area contributed by atoms with E-state index >= 15 is 0 Å². The molecule has 3 fully saturated rings. The van der Waals surface area contributed by atoms with Crippen molar-refractivity contribution in [1.82, 2.24) is 10.2 Å². The molecule has 1 heterocycles. The van der Waals surface area contributed by atoms with E-state index in [0.717, 1.165) is 30.3 Å². The van der Waals surface area contributed by atoms with E-state index in [-0.39, 0.29) is 0 Å². The number of nitrogens with zero attached hydrogens (tertiary/aromatic N) is 1. The molecule has 2 aliphatic carbocycles. The van der Waals surface area contributed by atoms with Crippen molar-refractivity contribution in [3.8, 4) is 0 Å². The van der Waals surface area contributed by atoms with Crippen LogP contribution in [0.25, 0.3) is 0 Å². The lowest BCUT2D eigenvalue weighted by molar-refractivity contribution is 0.209. The maximum absolute atomic E-state index is 5.75. The molecule has 3 rings (SSSR count). The van der Waals surface area contributed by atoms with Gasteiger partial charge in [-0.15, -0.1) is 0 Å². The smallest absolute Gasteiger partial charge is 0.00986 e. The third-order valence-corrected chi connectivity index (χ3v) is 6.05. The van der Waals surface area contributed by atoms with Crippen molar-refractivity contribution in [2.24, 2.45) is 23.5 Å².